The van der Waals surface area contributed by atoms with E-state index in [-0.39, 0.29) is 6.10 Å². The Morgan fingerprint density at radius 1 is 1.53 bits per heavy atom. The molecule has 1 aromatic heterocycles. The fraction of sp³-hybridized carbons (Fsp3) is 0.692. The van der Waals surface area contributed by atoms with E-state index >= 15 is 0 Å². The van der Waals surface area contributed by atoms with E-state index in [2.05, 4.69) is 34.0 Å². The van der Waals surface area contributed by atoms with Gasteiger partial charge >= 0.3 is 0 Å². The molecule has 0 aliphatic carbocycles. The second kappa shape index (κ2) is 6.16. The third kappa shape index (κ3) is 3.78. The number of anilines is 2. The first kappa shape index (κ1) is 14.0. The van der Waals surface area contributed by atoms with E-state index < -0.39 is 0 Å². The lowest BCUT2D eigenvalue weighted by Crippen LogP contribution is -2.46. The number of hydrogen-bond donors (Lipinski definition) is 2. The SMILES string of the molecule is Cc1nc(NC(C)C)cc(N2CCOC(CN)C2)n1. The molecule has 3 N–H and O–H groups in total. The minimum absolute atomic E-state index is 0.0885. The van der Waals surface area contributed by atoms with Gasteiger partial charge in [-0.3, -0.25) is 0 Å². The van der Waals surface area contributed by atoms with Crippen LogP contribution in [-0.2, 0) is 4.74 Å². The van der Waals surface area contributed by atoms with E-state index in [1.807, 2.05) is 13.0 Å². The number of nitrogens with zero attached hydrogens (tertiary/aromatic N) is 3. The van der Waals surface area contributed by atoms with Crippen LogP contribution in [0.5, 0.6) is 0 Å². The maximum absolute atomic E-state index is 5.67. The Morgan fingerprint density at radius 2 is 2.32 bits per heavy atom. The Hall–Kier alpha value is -1.40. The molecule has 2 rings (SSSR count). The van der Waals surface area contributed by atoms with Crippen LogP contribution in [-0.4, -0.2) is 48.4 Å². The molecular formula is C13H23N5O. The summed E-state index contributed by atoms with van der Waals surface area (Å²) in [7, 11) is 0. The van der Waals surface area contributed by atoms with E-state index in [0.29, 0.717) is 19.2 Å². The summed E-state index contributed by atoms with van der Waals surface area (Å²) in [4.78, 5) is 11.1. The summed E-state index contributed by atoms with van der Waals surface area (Å²) in [5.74, 6) is 2.59. The fourth-order valence-corrected chi connectivity index (χ4v) is 2.15. The topological polar surface area (TPSA) is 76.3 Å². The van der Waals surface area contributed by atoms with Crippen LogP contribution in [0.3, 0.4) is 0 Å². The zero-order valence-corrected chi connectivity index (χ0v) is 11.9. The summed E-state index contributed by atoms with van der Waals surface area (Å²) in [6, 6.07) is 2.34. The third-order valence-corrected chi connectivity index (χ3v) is 2.99. The molecular weight excluding hydrogens is 242 g/mol. The lowest BCUT2D eigenvalue weighted by Gasteiger charge is -2.33. The van der Waals surface area contributed by atoms with E-state index in [9.17, 15) is 0 Å². The molecule has 1 aromatic rings. The average molecular weight is 265 g/mol. The molecule has 0 aromatic carbocycles. The van der Waals surface area contributed by atoms with E-state index in [4.69, 9.17) is 10.5 Å². The molecule has 1 atom stereocenters. The second-order valence-electron chi connectivity index (χ2n) is 5.13. The standard InChI is InChI=1S/C13H23N5O/c1-9(2)15-12-6-13(17-10(3)16-12)18-4-5-19-11(7-14)8-18/h6,9,11H,4-5,7-8,14H2,1-3H3,(H,15,16,17). The number of morpholine rings is 1. The maximum atomic E-state index is 5.67. The molecule has 19 heavy (non-hydrogen) atoms. The quantitative estimate of drug-likeness (QED) is 0.837. The van der Waals surface area contributed by atoms with Crippen molar-refractivity contribution in [3.05, 3.63) is 11.9 Å². The van der Waals surface area contributed by atoms with Gasteiger partial charge in [0, 0.05) is 31.7 Å². The molecule has 1 aliphatic heterocycles. The molecule has 1 unspecified atom stereocenters. The monoisotopic (exact) mass is 265 g/mol. The van der Waals surface area contributed by atoms with Crippen molar-refractivity contribution >= 4 is 11.6 Å². The number of hydrogen-bond acceptors (Lipinski definition) is 6. The molecule has 0 radical (unpaired) electrons. The maximum Gasteiger partial charge on any atom is 0.134 e. The smallest absolute Gasteiger partial charge is 0.134 e. The Kier molecular flexibility index (Phi) is 4.55. The Bertz CT molecular complexity index is 423. The fourth-order valence-electron chi connectivity index (χ4n) is 2.15. The molecule has 1 saturated heterocycles. The van der Waals surface area contributed by atoms with Crippen molar-refractivity contribution in [3.8, 4) is 0 Å². The lowest BCUT2D eigenvalue weighted by molar-refractivity contribution is 0.0463. The summed E-state index contributed by atoms with van der Waals surface area (Å²) in [6.07, 6.45) is 0.0885. The molecule has 6 heteroatoms. The van der Waals surface area contributed by atoms with Crippen LogP contribution in [0.1, 0.15) is 19.7 Å². The van der Waals surface area contributed by atoms with Crippen molar-refractivity contribution in [2.45, 2.75) is 32.9 Å². The largest absolute Gasteiger partial charge is 0.373 e. The van der Waals surface area contributed by atoms with Crippen LogP contribution < -0.4 is 16.0 Å². The number of nitrogens with two attached hydrogens (primary N) is 1. The molecule has 2 heterocycles. The molecule has 0 spiro atoms. The molecule has 6 nitrogen and oxygen atoms in total. The van der Waals surface area contributed by atoms with Gasteiger partial charge in [-0.1, -0.05) is 0 Å². The van der Waals surface area contributed by atoms with Gasteiger partial charge < -0.3 is 20.7 Å². The molecule has 0 saturated carbocycles. The number of aromatic nitrogens is 2. The van der Waals surface area contributed by atoms with Gasteiger partial charge in [0.2, 0.25) is 0 Å². The van der Waals surface area contributed by atoms with E-state index in [1.165, 1.54) is 0 Å². The van der Waals surface area contributed by atoms with Gasteiger partial charge in [-0.2, -0.15) is 0 Å². The summed E-state index contributed by atoms with van der Waals surface area (Å²) in [5.41, 5.74) is 5.67. The van der Waals surface area contributed by atoms with Crippen LogP contribution in [0.25, 0.3) is 0 Å². The molecule has 0 bridgehead atoms. The summed E-state index contributed by atoms with van der Waals surface area (Å²) in [6.45, 7) is 8.96. The summed E-state index contributed by atoms with van der Waals surface area (Å²) >= 11 is 0. The molecule has 1 fully saturated rings. The van der Waals surface area contributed by atoms with Gasteiger partial charge in [-0.15, -0.1) is 0 Å². The van der Waals surface area contributed by atoms with Crippen molar-refractivity contribution < 1.29 is 4.74 Å². The van der Waals surface area contributed by atoms with E-state index in [0.717, 1.165) is 30.5 Å². The van der Waals surface area contributed by atoms with Gasteiger partial charge in [-0.25, -0.2) is 9.97 Å². The van der Waals surface area contributed by atoms with Crippen LogP contribution in [0.4, 0.5) is 11.6 Å². The third-order valence-electron chi connectivity index (χ3n) is 2.99. The van der Waals surface area contributed by atoms with Crippen molar-refractivity contribution in [2.75, 3.05) is 36.5 Å². The first-order chi connectivity index (χ1) is 9.08. The highest BCUT2D eigenvalue weighted by Gasteiger charge is 2.21. The highest BCUT2D eigenvalue weighted by atomic mass is 16.5. The normalized spacial score (nSPS) is 19.8. The zero-order valence-electron chi connectivity index (χ0n) is 11.9. The van der Waals surface area contributed by atoms with Crippen molar-refractivity contribution in [3.63, 3.8) is 0 Å². The number of nitrogens with one attached hydrogen (secondary N) is 1. The molecule has 106 valence electrons. The second-order valence-corrected chi connectivity index (χ2v) is 5.13. The highest BCUT2D eigenvalue weighted by Crippen LogP contribution is 2.19. The summed E-state index contributed by atoms with van der Waals surface area (Å²) < 4.78 is 5.58. The minimum Gasteiger partial charge on any atom is -0.373 e. The van der Waals surface area contributed by atoms with E-state index in [1.54, 1.807) is 0 Å². The van der Waals surface area contributed by atoms with Crippen molar-refractivity contribution in [1.82, 2.24) is 9.97 Å². The Balaban J connectivity index is 2.16. The molecule has 1 aliphatic rings. The van der Waals surface area contributed by atoms with Gasteiger partial charge in [0.05, 0.1) is 12.7 Å². The number of ether oxygens (including phenoxy) is 1. The minimum atomic E-state index is 0.0885. The van der Waals surface area contributed by atoms with Crippen molar-refractivity contribution in [2.24, 2.45) is 5.73 Å². The van der Waals surface area contributed by atoms with Gasteiger partial charge in [0.25, 0.3) is 0 Å². The lowest BCUT2D eigenvalue weighted by atomic mass is 10.2. The van der Waals surface area contributed by atoms with Crippen LogP contribution in [0.15, 0.2) is 6.07 Å². The average Bonchev–Trinajstić information content (AvgIpc) is 2.37. The Morgan fingerprint density at radius 3 is 3.00 bits per heavy atom. The highest BCUT2D eigenvalue weighted by molar-refractivity contribution is 5.50. The predicted molar refractivity (Wildman–Crippen MR) is 76.5 cm³/mol. The Labute approximate surface area is 114 Å². The molecule has 0 amide bonds. The number of aryl methyl sites for hydroxylation is 1. The predicted octanol–water partition coefficient (Wildman–Crippen LogP) is 0.769. The van der Waals surface area contributed by atoms with Crippen molar-refractivity contribution in [1.29, 1.82) is 0 Å². The van der Waals surface area contributed by atoms with Crippen LogP contribution in [0.2, 0.25) is 0 Å². The first-order valence-corrected chi connectivity index (χ1v) is 6.77. The van der Waals surface area contributed by atoms with Crippen LogP contribution in [0, 0.1) is 6.92 Å². The van der Waals surface area contributed by atoms with Crippen LogP contribution >= 0.6 is 0 Å². The van der Waals surface area contributed by atoms with Gasteiger partial charge in [-0.05, 0) is 20.8 Å². The summed E-state index contributed by atoms with van der Waals surface area (Å²) in [5, 5.41) is 3.32. The first-order valence-electron chi connectivity index (χ1n) is 6.77. The van der Waals surface area contributed by atoms with Gasteiger partial charge in [0.1, 0.15) is 17.5 Å². The van der Waals surface area contributed by atoms with Gasteiger partial charge in [0.15, 0.2) is 0 Å². The number of rotatable bonds is 4. The zero-order chi connectivity index (χ0) is 13.8.